The third-order valence-corrected chi connectivity index (χ3v) is 9.04. The van der Waals surface area contributed by atoms with Crippen LogP contribution in [-0.2, 0) is 20.0 Å². The fourth-order valence-electron chi connectivity index (χ4n) is 3.89. The van der Waals surface area contributed by atoms with Crippen LogP contribution in [0.1, 0.15) is 35.8 Å². The van der Waals surface area contributed by atoms with Crippen LogP contribution in [0.25, 0.3) is 0 Å². The molecule has 2 N–H and O–H groups in total. The molecule has 1 aliphatic rings. The van der Waals surface area contributed by atoms with Gasteiger partial charge in [-0.15, -0.1) is 0 Å². The SMILES string of the molecule is Cc1ccnc(NS(=O)(=O)c2ccc(NC(=O)c3ccc(S(=O)(=O)N4CCC[C@@H](C)C4)cc3)cc2)n1. The van der Waals surface area contributed by atoms with Gasteiger partial charge in [0.25, 0.3) is 15.9 Å². The second-order valence-corrected chi connectivity index (χ2v) is 12.4. The van der Waals surface area contributed by atoms with Crippen molar-refractivity contribution in [3.8, 4) is 0 Å². The highest BCUT2D eigenvalue weighted by atomic mass is 32.2. The summed E-state index contributed by atoms with van der Waals surface area (Å²) in [6.07, 6.45) is 3.29. The number of benzene rings is 2. The lowest BCUT2D eigenvalue weighted by atomic mass is 10.0. The van der Waals surface area contributed by atoms with E-state index < -0.39 is 26.0 Å². The highest BCUT2D eigenvalue weighted by Crippen LogP contribution is 2.24. The molecule has 0 aliphatic carbocycles. The number of anilines is 2. The number of nitrogens with one attached hydrogen (secondary N) is 2. The van der Waals surface area contributed by atoms with Crippen molar-refractivity contribution in [2.75, 3.05) is 23.1 Å². The molecular weight excluding hydrogens is 502 g/mol. The van der Waals surface area contributed by atoms with Crippen molar-refractivity contribution >= 4 is 37.6 Å². The van der Waals surface area contributed by atoms with Crippen molar-refractivity contribution in [3.05, 3.63) is 72.1 Å². The van der Waals surface area contributed by atoms with Gasteiger partial charge in [-0.05, 0) is 80.3 Å². The summed E-state index contributed by atoms with van der Waals surface area (Å²) < 4.78 is 54.8. The minimum Gasteiger partial charge on any atom is -0.322 e. The van der Waals surface area contributed by atoms with Crippen LogP contribution in [-0.4, -0.2) is 50.1 Å². The van der Waals surface area contributed by atoms with Crippen LogP contribution in [0.3, 0.4) is 0 Å². The normalized spacial score (nSPS) is 16.9. The molecule has 0 bridgehead atoms. The maximum atomic E-state index is 12.9. The van der Waals surface area contributed by atoms with Crippen LogP contribution in [0.4, 0.5) is 11.6 Å². The summed E-state index contributed by atoms with van der Waals surface area (Å²) in [7, 11) is -7.52. The molecule has 1 amide bonds. The third-order valence-electron chi connectivity index (χ3n) is 5.82. The van der Waals surface area contributed by atoms with E-state index in [1.165, 1.54) is 59.0 Å². The predicted molar refractivity (Wildman–Crippen MR) is 136 cm³/mol. The Bertz CT molecular complexity index is 1460. The minimum atomic E-state index is -3.91. The van der Waals surface area contributed by atoms with Crippen LogP contribution < -0.4 is 10.0 Å². The molecule has 2 aromatic carbocycles. The van der Waals surface area contributed by atoms with Gasteiger partial charge in [-0.1, -0.05) is 6.92 Å². The largest absolute Gasteiger partial charge is 0.322 e. The average molecular weight is 530 g/mol. The lowest BCUT2D eigenvalue weighted by Crippen LogP contribution is -2.39. The maximum Gasteiger partial charge on any atom is 0.264 e. The number of hydrogen-bond acceptors (Lipinski definition) is 7. The molecule has 0 spiro atoms. The maximum absolute atomic E-state index is 12.9. The smallest absolute Gasteiger partial charge is 0.264 e. The quantitative estimate of drug-likeness (QED) is 0.479. The average Bonchev–Trinajstić information content (AvgIpc) is 2.84. The number of hydrogen-bond donors (Lipinski definition) is 2. The predicted octanol–water partition coefficient (Wildman–Crippen LogP) is 3.26. The van der Waals surface area contributed by atoms with Gasteiger partial charge in [0.15, 0.2) is 0 Å². The summed E-state index contributed by atoms with van der Waals surface area (Å²) >= 11 is 0. The van der Waals surface area contributed by atoms with E-state index in [0.29, 0.717) is 30.4 Å². The first-order chi connectivity index (χ1) is 17.0. The van der Waals surface area contributed by atoms with Gasteiger partial charge >= 0.3 is 0 Å². The van der Waals surface area contributed by atoms with Crippen LogP contribution in [0.15, 0.2) is 70.6 Å². The minimum absolute atomic E-state index is 0.0211. The lowest BCUT2D eigenvalue weighted by molar-refractivity contribution is 0.102. The molecule has 0 unspecified atom stereocenters. The number of aromatic nitrogens is 2. The number of sulfonamides is 2. The van der Waals surface area contributed by atoms with Crippen LogP contribution in [0.2, 0.25) is 0 Å². The summed E-state index contributed by atoms with van der Waals surface area (Å²) in [5, 5.41) is 2.68. The molecule has 1 atom stereocenters. The van der Waals surface area contributed by atoms with Gasteiger partial charge in [0, 0.05) is 36.2 Å². The number of piperidine rings is 1. The number of carbonyl (C=O) groups excluding carboxylic acids is 1. The standard InChI is InChI=1S/C24H27N5O5S2/c1-17-4-3-15-29(16-17)36(33,34)22-9-5-19(6-10-22)23(30)27-20-7-11-21(12-8-20)35(31,32)28-24-25-14-13-18(2)26-24/h5-14,17H,3-4,15-16H2,1-2H3,(H,27,30)(H,25,26,28)/t17-/m1/s1. The van der Waals surface area contributed by atoms with E-state index in [2.05, 4.69) is 20.0 Å². The first-order valence-corrected chi connectivity index (χ1v) is 14.3. The Morgan fingerprint density at radius 1 is 0.972 bits per heavy atom. The van der Waals surface area contributed by atoms with E-state index in [9.17, 15) is 21.6 Å². The fraction of sp³-hybridized carbons (Fsp3) is 0.292. The molecule has 1 aromatic heterocycles. The van der Waals surface area contributed by atoms with E-state index in [4.69, 9.17) is 0 Å². The van der Waals surface area contributed by atoms with Crippen molar-refractivity contribution in [1.29, 1.82) is 0 Å². The molecule has 2 heterocycles. The van der Waals surface area contributed by atoms with E-state index in [1.807, 2.05) is 6.92 Å². The second kappa shape index (κ2) is 10.3. The zero-order chi connectivity index (χ0) is 25.9. The first-order valence-electron chi connectivity index (χ1n) is 11.4. The Hall–Kier alpha value is -3.35. The van der Waals surface area contributed by atoms with Gasteiger partial charge in [-0.2, -0.15) is 4.31 Å². The molecular formula is C24H27N5O5S2. The zero-order valence-electron chi connectivity index (χ0n) is 19.9. The zero-order valence-corrected chi connectivity index (χ0v) is 21.5. The molecule has 0 saturated carbocycles. The van der Waals surface area contributed by atoms with E-state index in [0.717, 1.165) is 12.8 Å². The fourth-order valence-corrected chi connectivity index (χ4v) is 6.44. The molecule has 1 aliphatic heterocycles. The second-order valence-electron chi connectivity index (χ2n) is 8.74. The van der Waals surface area contributed by atoms with Crippen molar-refractivity contribution < 1.29 is 21.6 Å². The van der Waals surface area contributed by atoms with Gasteiger partial charge in [0.05, 0.1) is 9.79 Å². The Morgan fingerprint density at radius 2 is 1.64 bits per heavy atom. The van der Waals surface area contributed by atoms with E-state index >= 15 is 0 Å². The molecule has 10 nitrogen and oxygen atoms in total. The van der Waals surface area contributed by atoms with Gasteiger partial charge in [-0.3, -0.25) is 4.79 Å². The first kappa shape index (κ1) is 25.7. The summed E-state index contributed by atoms with van der Waals surface area (Å²) in [6.45, 7) is 4.74. The molecule has 1 fully saturated rings. The molecule has 4 rings (SSSR count). The highest BCUT2D eigenvalue weighted by molar-refractivity contribution is 7.92. The number of rotatable bonds is 7. The number of amides is 1. The summed E-state index contributed by atoms with van der Waals surface area (Å²) in [5.74, 6) is -0.174. The van der Waals surface area contributed by atoms with Gasteiger partial charge < -0.3 is 5.32 Å². The monoisotopic (exact) mass is 529 g/mol. The third kappa shape index (κ3) is 5.89. The number of nitrogens with zero attached hydrogens (tertiary/aromatic N) is 3. The summed E-state index contributed by atoms with van der Waals surface area (Å²) in [6, 6.07) is 13.0. The van der Waals surface area contributed by atoms with Gasteiger partial charge in [0.2, 0.25) is 16.0 Å². The van der Waals surface area contributed by atoms with Crippen LogP contribution in [0.5, 0.6) is 0 Å². The van der Waals surface area contributed by atoms with Crippen LogP contribution >= 0.6 is 0 Å². The van der Waals surface area contributed by atoms with Gasteiger partial charge in [-0.25, -0.2) is 31.5 Å². The highest BCUT2D eigenvalue weighted by Gasteiger charge is 2.28. The van der Waals surface area contributed by atoms with Crippen molar-refractivity contribution in [2.24, 2.45) is 5.92 Å². The Morgan fingerprint density at radius 3 is 2.28 bits per heavy atom. The molecule has 12 heteroatoms. The topological polar surface area (TPSA) is 138 Å². The lowest BCUT2D eigenvalue weighted by Gasteiger charge is -2.30. The summed E-state index contributed by atoms with van der Waals surface area (Å²) in [4.78, 5) is 20.7. The molecule has 36 heavy (non-hydrogen) atoms. The van der Waals surface area contributed by atoms with Crippen molar-refractivity contribution in [3.63, 3.8) is 0 Å². The van der Waals surface area contributed by atoms with Crippen molar-refractivity contribution in [1.82, 2.24) is 14.3 Å². The van der Waals surface area contributed by atoms with Crippen LogP contribution in [0, 0.1) is 12.8 Å². The van der Waals surface area contributed by atoms with Crippen molar-refractivity contribution in [2.45, 2.75) is 36.5 Å². The Labute approximate surface area is 210 Å². The Kier molecular flexibility index (Phi) is 7.38. The Balaban J connectivity index is 1.42. The molecule has 1 saturated heterocycles. The summed E-state index contributed by atoms with van der Waals surface area (Å²) in [5.41, 5.74) is 1.27. The van der Waals surface area contributed by atoms with E-state index in [1.54, 1.807) is 13.0 Å². The molecule has 190 valence electrons. The number of aryl methyl sites for hydroxylation is 1. The molecule has 3 aromatic rings. The molecule has 0 radical (unpaired) electrons. The van der Waals surface area contributed by atoms with E-state index in [-0.39, 0.29) is 21.3 Å². The van der Waals surface area contributed by atoms with Gasteiger partial charge in [0.1, 0.15) is 0 Å². The number of carbonyl (C=O) groups is 1.